The number of benzene rings is 3. The first-order chi connectivity index (χ1) is 15.1. The number of amides is 1. The molecule has 4 rings (SSSR count). The Hall–Kier alpha value is -3.45. The highest BCUT2D eigenvalue weighted by molar-refractivity contribution is 9.10. The molecule has 1 amide bonds. The number of hydrogen-bond donors (Lipinski definition) is 2. The Morgan fingerprint density at radius 2 is 1.94 bits per heavy atom. The summed E-state index contributed by atoms with van der Waals surface area (Å²) in [6, 6.07) is 19.5. The summed E-state index contributed by atoms with van der Waals surface area (Å²) in [4.78, 5) is 15.4. The zero-order valence-corrected chi connectivity index (χ0v) is 18.0. The number of hydrazone groups is 1. The fourth-order valence-electron chi connectivity index (χ4n) is 3.12. The maximum absolute atomic E-state index is 13.0. The van der Waals surface area contributed by atoms with Crippen molar-refractivity contribution in [2.24, 2.45) is 5.10 Å². The van der Waals surface area contributed by atoms with Crippen LogP contribution in [0.2, 0.25) is 0 Å². The molecule has 0 atom stereocenters. The molecule has 0 saturated carbocycles. The van der Waals surface area contributed by atoms with Crippen LogP contribution in [-0.2, 0) is 17.8 Å². The van der Waals surface area contributed by atoms with Crippen LogP contribution < -0.4 is 10.2 Å². The second kappa shape index (κ2) is 9.57. The van der Waals surface area contributed by atoms with Crippen molar-refractivity contribution < 1.29 is 13.9 Å². The molecule has 156 valence electrons. The van der Waals surface area contributed by atoms with Gasteiger partial charge in [-0.25, -0.2) is 9.82 Å². The Morgan fingerprint density at radius 3 is 2.77 bits per heavy atom. The summed E-state index contributed by atoms with van der Waals surface area (Å²) in [7, 11) is 0. The lowest BCUT2D eigenvalue weighted by atomic mass is 10.1. The number of rotatable bonds is 7. The molecule has 1 heterocycles. The van der Waals surface area contributed by atoms with Gasteiger partial charge in [-0.05, 0) is 47.5 Å². The molecule has 3 aromatic carbocycles. The predicted octanol–water partition coefficient (Wildman–Crippen LogP) is 5.34. The molecule has 0 aliphatic heterocycles. The number of carbonyl (C=O) groups excluding carboxylic acids is 1. The lowest BCUT2D eigenvalue weighted by Gasteiger charge is -2.08. The van der Waals surface area contributed by atoms with E-state index >= 15 is 0 Å². The third-order valence-electron chi connectivity index (χ3n) is 4.71. The van der Waals surface area contributed by atoms with Crippen molar-refractivity contribution in [2.45, 2.75) is 13.0 Å². The van der Waals surface area contributed by atoms with Gasteiger partial charge in [0.2, 0.25) is 5.91 Å². The molecule has 0 spiro atoms. The number of nitrogens with zero attached hydrogens (tertiary/aromatic N) is 1. The summed E-state index contributed by atoms with van der Waals surface area (Å²) in [5.41, 5.74) is 6.09. The van der Waals surface area contributed by atoms with Crippen molar-refractivity contribution in [2.75, 3.05) is 0 Å². The van der Waals surface area contributed by atoms with E-state index in [0.717, 1.165) is 32.1 Å². The van der Waals surface area contributed by atoms with Crippen LogP contribution in [0.3, 0.4) is 0 Å². The number of H-pyrrole nitrogens is 1. The van der Waals surface area contributed by atoms with Gasteiger partial charge >= 0.3 is 0 Å². The number of halogens is 2. The fourth-order valence-corrected chi connectivity index (χ4v) is 3.47. The third kappa shape index (κ3) is 5.38. The minimum Gasteiger partial charge on any atom is -0.489 e. The van der Waals surface area contributed by atoms with Gasteiger partial charge in [-0.15, -0.1) is 0 Å². The van der Waals surface area contributed by atoms with E-state index in [9.17, 15) is 9.18 Å². The first-order valence-corrected chi connectivity index (χ1v) is 10.4. The van der Waals surface area contributed by atoms with Crippen molar-refractivity contribution in [3.8, 4) is 5.75 Å². The summed E-state index contributed by atoms with van der Waals surface area (Å²) < 4.78 is 19.6. The van der Waals surface area contributed by atoms with Crippen LogP contribution in [0.25, 0.3) is 10.9 Å². The highest BCUT2D eigenvalue weighted by Gasteiger charge is 2.08. The Bertz CT molecular complexity index is 1240. The molecule has 4 aromatic rings. The topological polar surface area (TPSA) is 66.5 Å². The number of para-hydroxylation sites is 1. The van der Waals surface area contributed by atoms with Crippen LogP contribution >= 0.6 is 15.9 Å². The first kappa shape index (κ1) is 20.8. The maximum atomic E-state index is 13.0. The molecule has 31 heavy (non-hydrogen) atoms. The van der Waals surface area contributed by atoms with Crippen molar-refractivity contribution in [1.29, 1.82) is 0 Å². The molecule has 0 fully saturated rings. The number of hydrogen-bond acceptors (Lipinski definition) is 3. The van der Waals surface area contributed by atoms with Gasteiger partial charge in [0.25, 0.3) is 0 Å². The molecular formula is C24H19BrFN3O2. The monoisotopic (exact) mass is 479 g/mol. The molecule has 0 radical (unpaired) electrons. The van der Waals surface area contributed by atoms with Crippen LogP contribution in [0.5, 0.6) is 5.75 Å². The smallest absolute Gasteiger partial charge is 0.244 e. The van der Waals surface area contributed by atoms with Gasteiger partial charge in [-0.2, -0.15) is 5.10 Å². The summed E-state index contributed by atoms with van der Waals surface area (Å²) >= 11 is 3.47. The van der Waals surface area contributed by atoms with Gasteiger partial charge in [0, 0.05) is 27.1 Å². The number of aromatic amines is 1. The average Bonchev–Trinajstić information content (AvgIpc) is 3.18. The summed E-state index contributed by atoms with van der Waals surface area (Å²) in [6.45, 7) is 0.319. The number of nitrogens with one attached hydrogen (secondary N) is 2. The van der Waals surface area contributed by atoms with E-state index < -0.39 is 0 Å². The minimum absolute atomic E-state index is 0.208. The first-order valence-electron chi connectivity index (χ1n) is 9.62. The van der Waals surface area contributed by atoms with Gasteiger partial charge in [0.05, 0.1) is 12.6 Å². The number of aromatic nitrogens is 1. The van der Waals surface area contributed by atoms with Crippen LogP contribution in [0.1, 0.15) is 16.7 Å². The summed E-state index contributed by atoms with van der Waals surface area (Å²) in [5.74, 6) is 0.151. The van der Waals surface area contributed by atoms with Crippen molar-refractivity contribution in [1.82, 2.24) is 10.4 Å². The second-order valence-corrected chi connectivity index (χ2v) is 7.78. The lowest BCUT2D eigenvalue weighted by Crippen LogP contribution is -2.19. The molecule has 2 N–H and O–H groups in total. The lowest BCUT2D eigenvalue weighted by molar-refractivity contribution is -0.120. The van der Waals surface area contributed by atoms with Crippen LogP contribution in [0.15, 0.2) is 82.5 Å². The normalized spacial score (nSPS) is 11.2. The largest absolute Gasteiger partial charge is 0.489 e. The van der Waals surface area contributed by atoms with Crippen LogP contribution in [0, 0.1) is 5.82 Å². The molecule has 7 heteroatoms. The van der Waals surface area contributed by atoms with Crippen LogP contribution in [0.4, 0.5) is 4.39 Å². The Labute approximate surface area is 187 Å². The molecule has 0 saturated heterocycles. The van der Waals surface area contributed by atoms with E-state index in [4.69, 9.17) is 4.74 Å². The molecule has 5 nitrogen and oxygen atoms in total. The van der Waals surface area contributed by atoms with Crippen molar-refractivity contribution >= 4 is 39.0 Å². The number of ether oxygens (including phenoxy) is 1. The zero-order chi connectivity index (χ0) is 21.6. The van der Waals surface area contributed by atoms with Gasteiger partial charge in [-0.3, -0.25) is 4.79 Å². The van der Waals surface area contributed by atoms with Gasteiger partial charge in [0.15, 0.2) is 0 Å². The highest BCUT2D eigenvalue weighted by atomic mass is 79.9. The zero-order valence-electron chi connectivity index (χ0n) is 16.4. The SMILES string of the molecule is O=C(Cc1c[nH]c2ccccc12)N/N=C/c1cc(OCc2ccc(F)cc2)ccc1Br. The average molecular weight is 480 g/mol. The van der Waals surface area contributed by atoms with Gasteiger partial charge in [0.1, 0.15) is 18.2 Å². The number of carbonyl (C=O) groups is 1. The Kier molecular flexibility index (Phi) is 6.43. The van der Waals surface area contributed by atoms with E-state index in [1.807, 2.05) is 48.7 Å². The highest BCUT2D eigenvalue weighted by Crippen LogP contribution is 2.22. The standard InChI is InChI=1S/C24H19BrFN3O2/c25-22-10-9-20(31-15-16-5-7-19(26)8-6-16)11-18(22)14-28-29-24(30)12-17-13-27-23-4-2-1-3-21(17)23/h1-11,13-14,27H,12,15H2,(H,29,30)/b28-14+. The van der Waals surface area contributed by atoms with E-state index in [-0.39, 0.29) is 18.1 Å². The maximum Gasteiger partial charge on any atom is 0.244 e. The van der Waals surface area contributed by atoms with Crippen LogP contribution in [-0.4, -0.2) is 17.1 Å². The summed E-state index contributed by atoms with van der Waals surface area (Å²) in [6.07, 6.45) is 3.62. The number of fused-ring (bicyclic) bond motifs is 1. The Balaban J connectivity index is 1.36. The third-order valence-corrected chi connectivity index (χ3v) is 5.43. The van der Waals surface area contributed by atoms with E-state index in [1.54, 1.807) is 18.3 Å². The predicted molar refractivity (Wildman–Crippen MR) is 123 cm³/mol. The van der Waals surface area contributed by atoms with Gasteiger partial charge in [-0.1, -0.05) is 46.3 Å². The molecule has 0 aliphatic carbocycles. The quantitative estimate of drug-likeness (QED) is 0.277. The molecule has 0 aliphatic rings. The van der Waals surface area contributed by atoms with E-state index in [0.29, 0.717) is 12.4 Å². The fraction of sp³-hybridized carbons (Fsp3) is 0.0833. The van der Waals surface area contributed by atoms with E-state index in [2.05, 4.69) is 31.4 Å². The summed E-state index contributed by atoms with van der Waals surface area (Å²) in [5, 5.41) is 5.09. The molecule has 0 bridgehead atoms. The molecule has 1 aromatic heterocycles. The minimum atomic E-state index is -0.280. The van der Waals surface area contributed by atoms with Crippen molar-refractivity contribution in [3.05, 3.63) is 99.9 Å². The second-order valence-electron chi connectivity index (χ2n) is 6.93. The molecular weight excluding hydrogens is 461 g/mol. The van der Waals surface area contributed by atoms with E-state index in [1.165, 1.54) is 12.1 Å². The van der Waals surface area contributed by atoms with Gasteiger partial charge < -0.3 is 9.72 Å². The van der Waals surface area contributed by atoms with Crippen molar-refractivity contribution in [3.63, 3.8) is 0 Å². The molecule has 0 unspecified atom stereocenters. The Morgan fingerprint density at radius 1 is 1.13 bits per heavy atom.